The van der Waals surface area contributed by atoms with E-state index in [1.165, 1.54) is 35.1 Å². The number of thioether (sulfide) groups is 1. The van der Waals surface area contributed by atoms with E-state index in [0.29, 0.717) is 11.7 Å². The lowest BCUT2D eigenvalue weighted by Gasteiger charge is -2.16. The number of hydrazine groups is 1. The first-order valence-corrected chi connectivity index (χ1v) is 9.34. The molecule has 0 aromatic heterocycles. The van der Waals surface area contributed by atoms with Crippen LogP contribution in [0.5, 0.6) is 0 Å². The van der Waals surface area contributed by atoms with Crippen LogP contribution >= 0.6 is 24.0 Å². The van der Waals surface area contributed by atoms with Crippen LogP contribution in [0.2, 0.25) is 0 Å². The molecule has 3 N–H and O–H groups in total. The molecule has 24 heavy (non-hydrogen) atoms. The lowest BCUT2D eigenvalue weighted by molar-refractivity contribution is -0.122. The summed E-state index contributed by atoms with van der Waals surface area (Å²) in [7, 11) is 0. The Kier molecular flexibility index (Phi) is 7.33. The van der Waals surface area contributed by atoms with Crippen LogP contribution in [-0.4, -0.2) is 40.0 Å². The van der Waals surface area contributed by atoms with Gasteiger partial charge in [-0.15, -0.1) is 0 Å². The van der Waals surface area contributed by atoms with E-state index >= 15 is 0 Å². The number of hydrogen-bond acceptors (Lipinski definition) is 4. The molecule has 2 rings (SSSR count). The molecule has 1 aromatic carbocycles. The second kappa shape index (κ2) is 9.48. The summed E-state index contributed by atoms with van der Waals surface area (Å²) >= 11 is 6.37. The van der Waals surface area contributed by atoms with Crippen molar-refractivity contribution in [3.05, 3.63) is 29.8 Å². The second-order valence-corrected chi connectivity index (χ2v) is 6.92. The van der Waals surface area contributed by atoms with Crippen molar-refractivity contribution in [3.63, 3.8) is 0 Å². The Labute approximate surface area is 151 Å². The van der Waals surface area contributed by atoms with Gasteiger partial charge >= 0.3 is 0 Å². The van der Waals surface area contributed by atoms with Crippen molar-refractivity contribution in [2.45, 2.75) is 26.2 Å². The minimum atomic E-state index is -0.301. The maximum absolute atomic E-state index is 11.8. The molecule has 6 nitrogen and oxygen atoms in total. The molecule has 8 heteroatoms. The van der Waals surface area contributed by atoms with E-state index in [1.54, 1.807) is 0 Å². The number of nitrogens with one attached hydrogen (secondary N) is 3. The highest BCUT2D eigenvalue weighted by Gasteiger charge is 2.23. The molecular weight excluding hydrogens is 344 g/mol. The van der Waals surface area contributed by atoms with Gasteiger partial charge in [-0.3, -0.25) is 20.4 Å². The Balaban J connectivity index is 1.70. The van der Waals surface area contributed by atoms with Gasteiger partial charge in [-0.1, -0.05) is 37.2 Å². The molecule has 1 aliphatic heterocycles. The van der Waals surface area contributed by atoms with Gasteiger partial charge in [0.25, 0.3) is 11.1 Å². The van der Waals surface area contributed by atoms with Crippen molar-refractivity contribution in [2.75, 3.05) is 24.2 Å². The molecule has 2 amide bonds. The number of rotatable bonds is 6. The molecule has 1 heterocycles. The molecule has 1 fully saturated rings. The van der Waals surface area contributed by atoms with Gasteiger partial charge in [0.1, 0.15) is 6.54 Å². The summed E-state index contributed by atoms with van der Waals surface area (Å²) in [6, 6.07) is 8.05. The van der Waals surface area contributed by atoms with Crippen molar-refractivity contribution in [3.8, 4) is 0 Å². The predicted octanol–water partition coefficient (Wildman–Crippen LogP) is 2.52. The Morgan fingerprint density at radius 2 is 2.04 bits per heavy atom. The molecule has 1 aromatic rings. The van der Waals surface area contributed by atoms with Crippen LogP contribution in [0.4, 0.5) is 10.5 Å². The number of carbonyl (C=O) groups excluding carboxylic acids is 2. The largest absolute Gasteiger partial charge is 0.331 e. The predicted molar refractivity (Wildman–Crippen MR) is 102 cm³/mol. The number of carbonyl (C=O) groups is 2. The van der Waals surface area contributed by atoms with E-state index in [2.05, 4.69) is 35.2 Å². The lowest BCUT2D eigenvalue weighted by Crippen LogP contribution is -2.47. The van der Waals surface area contributed by atoms with E-state index in [1.807, 2.05) is 12.1 Å². The molecule has 0 atom stereocenters. The average molecular weight is 367 g/mol. The van der Waals surface area contributed by atoms with Gasteiger partial charge in [-0.2, -0.15) is 0 Å². The number of aryl methyl sites for hydroxylation is 1. The van der Waals surface area contributed by atoms with E-state index in [0.717, 1.165) is 17.9 Å². The fourth-order valence-electron chi connectivity index (χ4n) is 2.21. The van der Waals surface area contributed by atoms with Crippen molar-refractivity contribution >= 4 is 45.9 Å². The van der Waals surface area contributed by atoms with Crippen molar-refractivity contribution in [2.24, 2.45) is 0 Å². The summed E-state index contributed by atoms with van der Waals surface area (Å²) in [5.41, 5.74) is 7.29. The Morgan fingerprint density at radius 3 is 2.67 bits per heavy atom. The first-order valence-electron chi connectivity index (χ1n) is 7.95. The molecule has 1 saturated heterocycles. The molecule has 130 valence electrons. The lowest BCUT2D eigenvalue weighted by atomic mass is 10.1. The first-order chi connectivity index (χ1) is 11.6. The first kappa shape index (κ1) is 18.5. The third-order valence-electron chi connectivity index (χ3n) is 3.53. The molecule has 0 radical (unpaired) electrons. The summed E-state index contributed by atoms with van der Waals surface area (Å²) in [5.74, 6) is 0.429. The van der Waals surface area contributed by atoms with E-state index in [-0.39, 0.29) is 17.7 Å². The smallest absolute Gasteiger partial charge is 0.282 e. The minimum Gasteiger partial charge on any atom is -0.331 e. The summed E-state index contributed by atoms with van der Waals surface area (Å²) in [5, 5.41) is 3.24. The zero-order chi connectivity index (χ0) is 17.4. The molecule has 0 aliphatic carbocycles. The Bertz CT molecular complexity index is 592. The highest BCUT2D eigenvalue weighted by molar-refractivity contribution is 8.13. The number of anilines is 1. The van der Waals surface area contributed by atoms with E-state index in [4.69, 9.17) is 12.2 Å². The quantitative estimate of drug-likeness (QED) is 0.531. The average Bonchev–Trinajstić information content (AvgIpc) is 2.97. The standard InChI is InChI=1S/C16H22N4O2S2/c1-2-3-4-12-5-7-13(8-6-12)17-15(23)19-18-14(21)11-20-9-10-24-16(20)22/h5-8H,2-4,9-11H2,1H3,(H,18,21)(H2,17,19,23). The number of amides is 2. The van der Waals surface area contributed by atoms with Gasteiger partial charge in [0.05, 0.1) is 0 Å². The van der Waals surface area contributed by atoms with Crippen LogP contribution in [0, 0.1) is 0 Å². The topological polar surface area (TPSA) is 73.5 Å². The summed E-state index contributed by atoms with van der Waals surface area (Å²) < 4.78 is 0. The van der Waals surface area contributed by atoms with Crippen LogP contribution in [0.25, 0.3) is 0 Å². The van der Waals surface area contributed by atoms with Gasteiger partial charge in [-0.25, -0.2) is 0 Å². The minimum absolute atomic E-state index is 0.0353. The molecule has 0 unspecified atom stereocenters. The van der Waals surface area contributed by atoms with E-state index < -0.39 is 0 Å². The Morgan fingerprint density at radius 1 is 1.29 bits per heavy atom. The maximum Gasteiger partial charge on any atom is 0.282 e. The van der Waals surface area contributed by atoms with Gasteiger partial charge in [0.15, 0.2) is 5.11 Å². The summed E-state index contributed by atoms with van der Waals surface area (Å²) in [6.07, 6.45) is 3.43. The Hall–Kier alpha value is -1.80. The fourth-order valence-corrected chi connectivity index (χ4v) is 3.20. The number of unbranched alkanes of at least 4 members (excludes halogenated alkanes) is 1. The number of hydrogen-bond donors (Lipinski definition) is 3. The highest BCUT2D eigenvalue weighted by atomic mass is 32.2. The molecule has 1 aliphatic rings. The number of benzene rings is 1. The molecule has 0 spiro atoms. The van der Waals surface area contributed by atoms with Gasteiger partial charge in [-0.05, 0) is 42.8 Å². The second-order valence-electron chi connectivity index (χ2n) is 5.46. The fraction of sp³-hybridized carbons (Fsp3) is 0.438. The van der Waals surface area contributed by atoms with Crippen molar-refractivity contribution in [1.29, 1.82) is 0 Å². The molecule has 0 bridgehead atoms. The summed E-state index contributed by atoms with van der Waals surface area (Å²) in [4.78, 5) is 24.7. The summed E-state index contributed by atoms with van der Waals surface area (Å²) in [6.45, 7) is 2.81. The van der Waals surface area contributed by atoms with Gasteiger partial charge in [0, 0.05) is 18.0 Å². The van der Waals surface area contributed by atoms with Crippen LogP contribution in [0.3, 0.4) is 0 Å². The van der Waals surface area contributed by atoms with Crippen molar-refractivity contribution < 1.29 is 9.59 Å². The SMILES string of the molecule is CCCCc1ccc(NC(=S)NNC(=O)CN2CCSC2=O)cc1. The van der Waals surface area contributed by atoms with E-state index in [9.17, 15) is 9.59 Å². The molecular formula is C16H22N4O2S2. The maximum atomic E-state index is 11.8. The normalized spacial score (nSPS) is 13.7. The van der Waals surface area contributed by atoms with Gasteiger partial charge < -0.3 is 10.2 Å². The van der Waals surface area contributed by atoms with Crippen LogP contribution in [-0.2, 0) is 11.2 Å². The van der Waals surface area contributed by atoms with Gasteiger partial charge in [0.2, 0.25) is 0 Å². The third-order valence-corrected chi connectivity index (χ3v) is 4.62. The van der Waals surface area contributed by atoms with Crippen LogP contribution in [0.1, 0.15) is 25.3 Å². The zero-order valence-electron chi connectivity index (χ0n) is 13.6. The number of nitrogens with zero attached hydrogens (tertiary/aromatic N) is 1. The van der Waals surface area contributed by atoms with Crippen LogP contribution < -0.4 is 16.2 Å². The van der Waals surface area contributed by atoms with Crippen LogP contribution in [0.15, 0.2) is 24.3 Å². The zero-order valence-corrected chi connectivity index (χ0v) is 15.3. The van der Waals surface area contributed by atoms with Crippen molar-refractivity contribution in [1.82, 2.24) is 15.8 Å². The number of thiocarbonyl (C=S) groups is 1. The molecule has 0 saturated carbocycles. The third kappa shape index (κ3) is 6.01. The monoisotopic (exact) mass is 366 g/mol. The highest BCUT2D eigenvalue weighted by Crippen LogP contribution is 2.16.